The predicted octanol–water partition coefficient (Wildman–Crippen LogP) is 2.94. The third kappa shape index (κ3) is 3.40. The number of aromatic nitrogens is 2. The summed E-state index contributed by atoms with van der Waals surface area (Å²) in [6.07, 6.45) is 0. The van der Waals surface area contributed by atoms with Gasteiger partial charge >= 0.3 is 0 Å². The molecule has 1 aromatic heterocycles. The number of hydrogen-bond donors (Lipinski definition) is 0. The largest absolute Gasteiger partial charge is 0.235 e. The fourth-order valence-corrected chi connectivity index (χ4v) is 2.25. The molecule has 0 N–H and O–H groups in total. The molecule has 1 aromatic rings. The molecule has 0 radical (unpaired) electrons. The van der Waals surface area contributed by atoms with Crippen molar-refractivity contribution in [3.8, 4) is 0 Å². The molecule has 0 fully saturated rings. The van der Waals surface area contributed by atoms with Crippen LogP contribution in [0.2, 0.25) is 5.28 Å². The van der Waals surface area contributed by atoms with E-state index in [2.05, 4.69) is 23.2 Å². The van der Waals surface area contributed by atoms with Gasteiger partial charge in [0.1, 0.15) is 0 Å². The van der Waals surface area contributed by atoms with Crippen LogP contribution in [0.1, 0.15) is 13.8 Å². The molecule has 0 bridgehead atoms. The van der Waals surface area contributed by atoms with Crippen molar-refractivity contribution in [2.24, 2.45) is 5.92 Å². The van der Waals surface area contributed by atoms with Crippen LogP contribution < -0.4 is 0 Å². The Morgan fingerprint density at radius 2 is 2.36 bits per heavy atom. The number of thioether (sulfide) groups is 1. The SMILES string of the molecule is CC(C)CSc1nc(Cl)ns1. The third-order valence-electron chi connectivity index (χ3n) is 0.923. The Bertz CT molecular complexity index is 224. The Morgan fingerprint density at radius 1 is 1.64 bits per heavy atom. The van der Waals surface area contributed by atoms with Crippen LogP contribution in [0.5, 0.6) is 0 Å². The molecule has 0 spiro atoms. The summed E-state index contributed by atoms with van der Waals surface area (Å²) in [5.74, 6) is 1.76. The van der Waals surface area contributed by atoms with Crippen LogP contribution in [0.3, 0.4) is 0 Å². The molecule has 0 atom stereocenters. The zero-order valence-electron chi connectivity index (χ0n) is 6.37. The van der Waals surface area contributed by atoms with Gasteiger partial charge in [0.15, 0.2) is 4.34 Å². The van der Waals surface area contributed by atoms with Gasteiger partial charge in [-0.3, -0.25) is 0 Å². The fourth-order valence-electron chi connectivity index (χ4n) is 0.489. The first kappa shape index (κ1) is 9.29. The molecule has 5 heteroatoms. The quantitative estimate of drug-likeness (QED) is 0.715. The fraction of sp³-hybridized carbons (Fsp3) is 0.667. The number of halogens is 1. The average molecular weight is 209 g/mol. The van der Waals surface area contributed by atoms with E-state index in [0.29, 0.717) is 11.2 Å². The van der Waals surface area contributed by atoms with Crippen molar-refractivity contribution in [2.75, 3.05) is 5.75 Å². The molecule has 2 nitrogen and oxygen atoms in total. The molecule has 1 rings (SSSR count). The maximum Gasteiger partial charge on any atom is 0.235 e. The zero-order valence-corrected chi connectivity index (χ0v) is 8.76. The molecule has 0 aliphatic heterocycles. The highest BCUT2D eigenvalue weighted by Gasteiger charge is 2.02. The van der Waals surface area contributed by atoms with Crippen LogP contribution in [0, 0.1) is 5.92 Å². The highest BCUT2D eigenvalue weighted by Crippen LogP contribution is 2.23. The van der Waals surface area contributed by atoms with Gasteiger partial charge in [-0.05, 0) is 29.1 Å². The third-order valence-corrected chi connectivity index (χ3v) is 3.45. The average Bonchev–Trinajstić information content (AvgIpc) is 2.31. The van der Waals surface area contributed by atoms with Crippen molar-refractivity contribution in [1.29, 1.82) is 0 Å². The highest BCUT2D eigenvalue weighted by atomic mass is 35.5. The molecule has 0 unspecified atom stereocenters. The molecule has 62 valence electrons. The van der Waals surface area contributed by atoms with Gasteiger partial charge in [-0.25, -0.2) is 0 Å². The lowest BCUT2D eigenvalue weighted by Gasteiger charge is -1.98. The zero-order chi connectivity index (χ0) is 8.27. The van der Waals surface area contributed by atoms with Gasteiger partial charge in [-0.15, -0.1) is 0 Å². The maximum absolute atomic E-state index is 5.55. The smallest absolute Gasteiger partial charge is 0.198 e. The first-order valence-corrected chi connectivity index (χ1v) is 5.44. The Kier molecular flexibility index (Phi) is 3.62. The summed E-state index contributed by atoms with van der Waals surface area (Å²) in [5.41, 5.74) is 0. The van der Waals surface area contributed by atoms with Gasteiger partial charge in [0, 0.05) is 5.75 Å². The number of rotatable bonds is 3. The first-order chi connectivity index (χ1) is 5.18. The van der Waals surface area contributed by atoms with E-state index in [1.807, 2.05) is 0 Å². The molecule has 11 heavy (non-hydrogen) atoms. The van der Waals surface area contributed by atoms with Crippen LogP contribution in [-0.2, 0) is 0 Å². The Morgan fingerprint density at radius 3 is 2.82 bits per heavy atom. The first-order valence-electron chi connectivity index (χ1n) is 3.30. The lowest BCUT2D eigenvalue weighted by atomic mass is 10.3. The Labute approximate surface area is 79.5 Å². The molecule has 0 aliphatic rings. The summed E-state index contributed by atoms with van der Waals surface area (Å²) < 4.78 is 4.83. The molecule has 0 aliphatic carbocycles. The van der Waals surface area contributed by atoms with Crippen molar-refractivity contribution in [1.82, 2.24) is 9.36 Å². The summed E-state index contributed by atoms with van der Waals surface area (Å²) in [5, 5.41) is 0.362. The minimum absolute atomic E-state index is 0.362. The van der Waals surface area contributed by atoms with Crippen molar-refractivity contribution in [3.63, 3.8) is 0 Å². The van der Waals surface area contributed by atoms with Gasteiger partial charge in [-0.2, -0.15) is 9.36 Å². The second kappa shape index (κ2) is 4.28. The van der Waals surface area contributed by atoms with Crippen LogP contribution >= 0.6 is 34.9 Å². The van der Waals surface area contributed by atoms with Crippen molar-refractivity contribution < 1.29 is 0 Å². The minimum Gasteiger partial charge on any atom is -0.198 e. The summed E-state index contributed by atoms with van der Waals surface area (Å²) in [7, 11) is 0. The second-order valence-corrected chi connectivity index (χ2v) is 4.89. The van der Waals surface area contributed by atoms with Crippen LogP contribution in [0.25, 0.3) is 0 Å². The van der Waals surface area contributed by atoms with E-state index in [-0.39, 0.29) is 0 Å². The Hall–Kier alpha value is 0.200. The van der Waals surface area contributed by atoms with Gasteiger partial charge < -0.3 is 0 Å². The van der Waals surface area contributed by atoms with Crippen LogP contribution in [0.15, 0.2) is 4.34 Å². The van der Waals surface area contributed by atoms with Crippen LogP contribution in [0.4, 0.5) is 0 Å². The van der Waals surface area contributed by atoms with Crippen molar-refractivity contribution in [2.45, 2.75) is 18.2 Å². The van der Waals surface area contributed by atoms with E-state index < -0.39 is 0 Å². The summed E-state index contributed by atoms with van der Waals surface area (Å²) in [6.45, 7) is 4.35. The highest BCUT2D eigenvalue weighted by molar-refractivity contribution is 8.00. The van der Waals surface area contributed by atoms with Crippen molar-refractivity contribution >= 4 is 34.9 Å². The van der Waals surface area contributed by atoms with E-state index in [4.69, 9.17) is 11.6 Å². The van der Waals surface area contributed by atoms with E-state index in [0.717, 1.165) is 10.1 Å². The van der Waals surface area contributed by atoms with Crippen molar-refractivity contribution in [3.05, 3.63) is 5.28 Å². The van der Waals surface area contributed by atoms with Gasteiger partial charge in [0.2, 0.25) is 5.28 Å². The molecular formula is C6H9ClN2S2. The summed E-state index contributed by atoms with van der Waals surface area (Å²) in [4.78, 5) is 4.02. The van der Waals surface area contributed by atoms with E-state index >= 15 is 0 Å². The molecule has 0 saturated carbocycles. The van der Waals surface area contributed by atoms with Gasteiger partial charge in [0.25, 0.3) is 0 Å². The monoisotopic (exact) mass is 208 g/mol. The van der Waals surface area contributed by atoms with E-state index in [9.17, 15) is 0 Å². The predicted molar refractivity (Wildman–Crippen MR) is 50.5 cm³/mol. The van der Waals surface area contributed by atoms with E-state index in [1.165, 1.54) is 11.5 Å². The minimum atomic E-state index is 0.362. The molecule has 0 aromatic carbocycles. The molecule has 1 heterocycles. The van der Waals surface area contributed by atoms with E-state index in [1.54, 1.807) is 11.8 Å². The maximum atomic E-state index is 5.55. The molecule has 0 saturated heterocycles. The number of hydrogen-bond acceptors (Lipinski definition) is 4. The normalized spacial score (nSPS) is 10.9. The Balaban J connectivity index is 2.39. The van der Waals surface area contributed by atoms with Gasteiger partial charge in [0.05, 0.1) is 0 Å². The summed E-state index contributed by atoms with van der Waals surface area (Å²) in [6, 6.07) is 0. The van der Waals surface area contributed by atoms with Crippen LogP contribution in [-0.4, -0.2) is 15.1 Å². The standard InChI is InChI=1S/C6H9ClN2S2/c1-4(2)3-10-6-8-5(7)9-11-6/h4H,3H2,1-2H3. The number of nitrogens with zero attached hydrogens (tertiary/aromatic N) is 2. The lowest BCUT2D eigenvalue weighted by Crippen LogP contribution is -1.89. The summed E-state index contributed by atoms with van der Waals surface area (Å²) >= 11 is 8.62. The lowest BCUT2D eigenvalue weighted by molar-refractivity contribution is 0.750. The topological polar surface area (TPSA) is 25.8 Å². The second-order valence-electron chi connectivity index (χ2n) is 2.53. The van der Waals surface area contributed by atoms with Gasteiger partial charge in [-0.1, -0.05) is 25.6 Å². The molecular weight excluding hydrogens is 200 g/mol. The molecule has 0 amide bonds.